The molecule has 0 fully saturated rings. The summed E-state index contributed by atoms with van der Waals surface area (Å²) in [6.45, 7) is 1.16. The van der Waals surface area contributed by atoms with Gasteiger partial charge in [0.2, 0.25) is 5.91 Å². The Morgan fingerprint density at radius 1 is 1.18 bits per heavy atom. The fourth-order valence-corrected chi connectivity index (χ4v) is 1.46. The van der Waals surface area contributed by atoms with Crippen LogP contribution in [-0.4, -0.2) is 11.7 Å². The standard InChI is InChI=1S/C11H10F3NO2/c1-6(16)9(10(15)17)7-2-4-8(5-3-7)11(12,13)14/h2-5,9H,1H3,(H2,15,17)/t9-/m0/s1. The molecule has 0 aliphatic heterocycles. The quantitative estimate of drug-likeness (QED) is 0.826. The molecule has 1 aromatic carbocycles. The van der Waals surface area contributed by atoms with E-state index in [0.29, 0.717) is 0 Å². The predicted octanol–water partition coefficient (Wildman–Crippen LogP) is 1.86. The number of hydrogen-bond acceptors (Lipinski definition) is 2. The van der Waals surface area contributed by atoms with Crippen LogP contribution in [0.3, 0.4) is 0 Å². The molecule has 0 unspecified atom stereocenters. The lowest BCUT2D eigenvalue weighted by molar-refractivity contribution is -0.137. The Hall–Kier alpha value is -1.85. The highest BCUT2D eigenvalue weighted by Crippen LogP contribution is 2.30. The summed E-state index contributed by atoms with van der Waals surface area (Å²) in [6, 6.07) is 3.79. The van der Waals surface area contributed by atoms with E-state index in [2.05, 4.69) is 0 Å². The average Bonchev–Trinajstić information content (AvgIpc) is 2.15. The highest BCUT2D eigenvalue weighted by atomic mass is 19.4. The van der Waals surface area contributed by atoms with Crippen molar-refractivity contribution in [1.82, 2.24) is 0 Å². The van der Waals surface area contributed by atoms with E-state index in [1.165, 1.54) is 0 Å². The van der Waals surface area contributed by atoms with Gasteiger partial charge in [-0.05, 0) is 24.6 Å². The molecule has 0 saturated carbocycles. The Balaban J connectivity index is 3.09. The number of carbonyl (C=O) groups is 2. The van der Waals surface area contributed by atoms with Gasteiger partial charge in [-0.25, -0.2) is 0 Å². The Bertz CT molecular complexity index is 423. The van der Waals surface area contributed by atoms with E-state index in [1.54, 1.807) is 0 Å². The molecule has 0 bridgehead atoms. The second kappa shape index (κ2) is 4.57. The first kappa shape index (κ1) is 13.2. The molecule has 0 aliphatic carbocycles. The Kier molecular flexibility index (Phi) is 3.55. The number of nitrogens with two attached hydrogens (primary N) is 1. The molecule has 0 aromatic heterocycles. The van der Waals surface area contributed by atoms with E-state index in [0.717, 1.165) is 31.2 Å². The molecule has 0 aliphatic rings. The molecule has 0 saturated heterocycles. The summed E-state index contributed by atoms with van der Waals surface area (Å²) in [4.78, 5) is 22.1. The van der Waals surface area contributed by atoms with Crippen molar-refractivity contribution in [2.45, 2.75) is 19.0 Å². The number of primary amides is 1. The molecule has 1 atom stereocenters. The minimum atomic E-state index is -4.45. The molecule has 17 heavy (non-hydrogen) atoms. The fraction of sp³-hybridized carbons (Fsp3) is 0.273. The van der Waals surface area contributed by atoms with E-state index in [-0.39, 0.29) is 5.56 Å². The number of amides is 1. The van der Waals surface area contributed by atoms with Crippen LogP contribution in [0.4, 0.5) is 13.2 Å². The SMILES string of the molecule is CC(=O)[C@H](C(N)=O)c1ccc(C(F)(F)F)cc1. The van der Waals surface area contributed by atoms with Crippen LogP contribution in [0, 0.1) is 0 Å². The molecule has 0 heterocycles. The van der Waals surface area contributed by atoms with Crippen molar-refractivity contribution in [3.63, 3.8) is 0 Å². The van der Waals surface area contributed by atoms with Gasteiger partial charge in [-0.3, -0.25) is 9.59 Å². The summed E-state index contributed by atoms with van der Waals surface area (Å²) in [7, 11) is 0. The first-order valence-electron chi connectivity index (χ1n) is 4.70. The first-order chi connectivity index (χ1) is 7.73. The number of hydrogen-bond donors (Lipinski definition) is 1. The summed E-state index contributed by atoms with van der Waals surface area (Å²) in [6.07, 6.45) is -4.45. The third-order valence-corrected chi connectivity index (χ3v) is 2.26. The minimum absolute atomic E-state index is 0.165. The number of ketones is 1. The number of rotatable bonds is 3. The molecular weight excluding hydrogens is 235 g/mol. The molecule has 1 rings (SSSR count). The zero-order chi connectivity index (χ0) is 13.2. The van der Waals surface area contributed by atoms with Crippen molar-refractivity contribution in [2.75, 3.05) is 0 Å². The van der Waals surface area contributed by atoms with Crippen LogP contribution < -0.4 is 5.73 Å². The van der Waals surface area contributed by atoms with Crippen LogP contribution in [0.15, 0.2) is 24.3 Å². The van der Waals surface area contributed by atoms with E-state index in [1.807, 2.05) is 0 Å². The van der Waals surface area contributed by atoms with E-state index in [4.69, 9.17) is 5.73 Å². The van der Waals surface area contributed by atoms with E-state index >= 15 is 0 Å². The van der Waals surface area contributed by atoms with Crippen LogP contribution in [0.2, 0.25) is 0 Å². The van der Waals surface area contributed by atoms with Crippen LogP contribution in [-0.2, 0) is 15.8 Å². The molecule has 6 heteroatoms. The summed E-state index contributed by atoms with van der Waals surface area (Å²) < 4.78 is 36.8. The Labute approximate surface area is 95.4 Å². The maximum atomic E-state index is 12.3. The topological polar surface area (TPSA) is 60.2 Å². The summed E-state index contributed by atoms with van der Waals surface area (Å²) in [5.41, 5.74) is 4.34. The number of halogens is 3. The summed E-state index contributed by atoms with van der Waals surface area (Å²) in [5, 5.41) is 0. The van der Waals surface area contributed by atoms with Crippen LogP contribution in [0.5, 0.6) is 0 Å². The van der Waals surface area contributed by atoms with Crippen molar-refractivity contribution >= 4 is 11.7 Å². The van der Waals surface area contributed by atoms with Gasteiger partial charge in [0, 0.05) is 0 Å². The number of carbonyl (C=O) groups excluding carboxylic acids is 2. The Morgan fingerprint density at radius 3 is 1.94 bits per heavy atom. The van der Waals surface area contributed by atoms with Crippen molar-refractivity contribution in [1.29, 1.82) is 0 Å². The lowest BCUT2D eigenvalue weighted by atomic mass is 9.94. The smallest absolute Gasteiger partial charge is 0.369 e. The van der Waals surface area contributed by atoms with Gasteiger partial charge < -0.3 is 5.73 Å². The second-order valence-corrected chi connectivity index (χ2v) is 3.57. The van der Waals surface area contributed by atoms with Crippen LogP contribution in [0.25, 0.3) is 0 Å². The maximum absolute atomic E-state index is 12.3. The molecule has 2 N–H and O–H groups in total. The van der Waals surface area contributed by atoms with Gasteiger partial charge in [-0.15, -0.1) is 0 Å². The fourth-order valence-electron chi connectivity index (χ4n) is 1.46. The minimum Gasteiger partial charge on any atom is -0.369 e. The van der Waals surface area contributed by atoms with Gasteiger partial charge in [0.25, 0.3) is 0 Å². The zero-order valence-electron chi connectivity index (χ0n) is 8.91. The number of benzene rings is 1. The highest BCUT2D eigenvalue weighted by Gasteiger charge is 2.31. The van der Waals surface area contributed by atoms with Gasteiger partial charge in [0.05, 0.1) is 5.56 Å². The van der Waals surface area contributed by atoms with Crippen molar-refractivity contribution in [3.8, 4) is 0 Å². The number of alkyl halides is 3. The zero-order valence-corrected chi connectivity index (χ0v) is 8.91. The van der Waals surface area contributed by atoms with Gasteiger partial charge in [0.1, 0.15) is 11.7 Å². The largest absolute Gasteiger partial charge is 0.416 e. The summed E-state index contributed by atoms with van der Waals surface area (Å²) >= 11 is 0. The summed E-state index contributed by atoms with van der Waals surface area (Å²) in [5.74, 6) is -2.58. The lowest BCUT2D eigenvalue weighted by Gasteiger charge is -2.12. The Morgan fingerprint density at radius 2 is 1.65 bits per heavy atom. The molecule has 1 aromatic rings. The predicted molar refractivity (Wildman–Crippen MR) is 54.1 cm³/mol. The number of Topliss-reactive ketones (excluding diaryl/α,β-unsaturated/α-hetero) is 1. The molecule has 1 amide bonds. The van der Waals surface area contributed by atoms with Crippen LogP contribution in [0.1, 0.15) is 24.0 Å². The molecule has 92 valence electrons. The molecule has 0 radical (unpaired) electrons. The highest BCUT2D eigenvalue weighted by molar-refractivity contribution is 6.04. The first-order valence-corrected chi connectivity index (χ1v) is 4.70. The third kappa shape index (κ3) is 3.05. The van der Waals surface area contributed by atoms with Gasteiger partial charge >= 0.3 is 6.18 Å². The van der Waals surface area contributed by atoms with Gasteiger partial charge in [0.15, 0.2) is 0 Å². The van der Waals surface area contributed by atoms with Crippen molar-refractivity contribution < 1.29 is 22.8 Å². The molecule has 3 nitrogen and oxygen atoms in total. The molecule has 0 spiro atoms. The maximum Gasteiger partial charge on any atom is 0.416 e. The third-order valence-electron chi connectivity index (χ3n) is 2.26. The lowest BCUT2D eigenvalue weighted by Crippen LogP contribution is -2.26. The van der Waals surface area contributed by atoms with E-state index < -0.39 is 29.3 Å². The average molecular weight is 245 g/mol. The second-order valence-electron chi connectivity index (χ2n) is 3.57. The van der Waals surface area contributed by atoms with Crippen molar-refractivity contribution in [2.24, 2.45) is 5.73 Å². The molecular formula is C11H10F3NO2. The van der Waals surface area contributed by atoms with Gasteiger partial charge in [-0.1, -0.05) is 12.1 Å². The van der Waals surface area contributed by atoms with Gasteiger partial charge in [-0.2, -0.15) is 13.2 Å². The van der Waals surface area contributed by atoms with Crippen LogP contribution >= 0.6 is 0 Å². The monoisotopic (exact) mass is 245 g/mol. The van der Waals surface area contributed by atoms with Crippen molar-refractivity contribution in [3.05, 3.63) is 35.4 Å². The van der Waals surface area contributed by atoms with E-state index in [9.17, 15) is 22.8 Å². The normalized spacial score (nSPS) is 13.2.